The zero-order valence-corrected chi connectivity index (χ0v) is 15.2. The zero-order valence-electron chi connectivity index (χ0n) is 15.2. The molecule has 0 unspecified atom stereocenters. The number of nitrogens with two attached hydrogens (primary N) is 1. The molecule has 0 amide bonds. The van der Waals surface area contributed by atoms with Crippen LogP contribution in [0.3, 0.4) is 0 Å². The second-order valence-electron chi connectivity index (χ2n) is 7.19. The van der Waals surface area contributed by atoms with Gasteiger partial charge in [-0.3, -0.25) is 0 Å². The highest BCUT2D eigenvalue weighted by Gasteiger charge is 2.13. The van der Waals surface area contributed by atoms with Crippen LogP contribution in [0.25, 0.3) is 0 Å². The van der Waals surface area contributed by atoms with Crippen LogP contribution in [0, 0.1) is 0 Å². The average molecular weight is 310 g/mol. The van der Waals surface area contributed by atoms with Gasteiger partial charge in [-0.2, -0.15) is 0 Å². The number of nitrogen functional groups attached to an aromatic ring is 1. The van der Waals surface area contributed by atoms with Crippen molar-refractivity contribution in [3.8, 4) is 0 Å². The molecule has 23 heavy (non-hydrogen) atoms. The van der Waals surface area contributed by atoms with Crippen LogP contribution < -0.4 is 10.6 Å². The molecule has 2 rings (SSSR count). The van der Waals surface area contributed by atoms with Crippen LogP contribution in [-0.4, -0.2) is 13.1 Å². The summed E-state index contributed by atoms with van der Waals surface area (Å²) < 4.78 is 0. The van der Waals surface area contributed by atoms with E-state index in [9.17, 15) is 0 Å². The summed E-state index contributed by atoms with van der Waals surface area (Å²) in [5.41, 5.74) is 12.4. The first kappa shape index (κ1) is 17.4. The van der Waals surface area contributed by atoms with Crippen LogP contribution in [0.2, 0.25) is 0 Å². The Kier molecular flexibility index (Phi) is 5.35. The van der Waals surface area contributed by atoms with Gasteiger partial charge in [0.15, 0.2) is 0 Å². The normalized spacial score (nSPS) is 11.5. The molecular formula is C21H30N2. The topological polar surface area (TPSA) is 29.3 Å². The van der Waals surface area contributed by atoms with Crippen molar-refractivity contribution in [2.24, 2.45) is 0 Å². The summed E-state index contributed by atoms with van der Waals surface area (Å²) >= 11 is 0. The van der Waals surface area contributed by atoms with Crippen molar-refractivity contribution in [2.45, 2.75) is 46.5 Å². The number of anilines is 2. The summed E-state index contributed by atoms with van der Waals surface area (Å²) in [6.07, 6.45) is 0.924. The Balaban J connectivity index is 2.16. The fourth-order valence-electron chi connectivity index (χ4n) is 2.92. The summed E-state index contributed by atoms with van der Waals surface area (Å²) in [6, 6.07) is 15.4. The van der Waals surface area contributed by atoms with E-state index in [-0.39, 0.29) is 5.41 Å². The van der Waals surface area contributed by atoms with Crippen molar-refractivity contribution in [3.05, 3.63) is 59.2 Å². The Bertz CT molecular complexity index is 632. The van der Waals surface area contributed by atoms with Crippen LogP contribution in [-0.2, 0) is 11.8 Å². The lowest BCUT2D eigenvalue weighted by Crippen LogP contribution is -2.22. The van der Waals surface area contributed by atoms with Gasteiger partial charge < -0.3 is 10.6 Å². The first-order valence-electron chi connectivity index (χ1n) is 8.58. The third-order valence-corrected chi connectivity index (χ3v) is 4.42. The standard InChI is InChI=1S/C21H30N2/c1-6-23(7-2)20-13-10-17(15-19(20)22)14-16-8-11-18(12-9-16)21(3,4)5/h8-13,15H,6-7,14,22H2,1-5H3. The lowest BCUT2D eigenvalue weighted by Gasteiger charge is -2.23. The van der Waals surface area contributed by atoms with Crippen molar-refractivity contribution in [3.63, 3.8) is 0 Å². The summed E-state index contributed by atoms with van der Waals surface area (Å²) in [7, 11) is 0. The minimum Gasteiger partial charge on any atom is -0.397 e. The first-order chi connectivity index (χ1) is 10.8. The van der Waals surface area contributed by atoms with Gasteiger partial charge >= 0.3 is 0 Å². The molecule has 0 aliphatic rings. The van der Waals surface area contributed by atoms with Crippen LogP contribution in [0.1, 0.15) is 51.3 Å². The summed E-state index contributed by atoms with van der Waals surface area (Å²) in [4.78, 5) is 2.29. The van der Waals surface area contributed by atoms with Gasteiger partial charge in [0.05, 0.1) is 11.4 Å². The molecule has 0 aromatic heterocycles. The van der Waals surface area contributed by atoms with E-state index in [0.717, 1.165) is 30.9 Å². The minimum absolute atomic E-state index is 0.203. The van der Waals surface area contributed by atoms with Gasteiger partial charge in [0.25, 0.3) is 0 Å². The average Bonchev–Trinajstić information content (AvgIpc) is 2.50. The van der Waals surface area contributed by atoms with E-state index in [1.807, 2.05) is 0 Å². The van der Waals surface area contributed by atoms with E-state index in [4.69, 9.17) is 5.73 Å². The fourth-order valence-corrected chi connectivity index (χ4v) is 2.92. The molecule has 2 heteroatoms. The van der Waals surface area contributed by atoms with Gasteiger partial charge in [-0.15, -0.1) is 0 Å². The summed E-state index contributed by atoms with van der Waals surface area (Å²) in [6.45, 7) is 13.0. The molecule has 0 fully saturated rings. The van der Waals surface area contributed by atoms with Gasteiger partial charge in [0, 0.05) is 13.1 Å². The molecule has 0 radical (unpaired) electrons. The summed E-state index contributed by atoms with van der Waals surface area (Å²) in [5, 5.41) is 0. The lowest BCUT2D eigenvalue weighted by atomic mass is 9.86. The van der Waals surface area contributed by atoms with Gasteiger partial charge in [-0.05, 0) is 54.5 Å². The number of hydrogen-bond acceptors (Lipinski definition) is 2. The molecule has 0 spiro atoms. The van der Waals surface area contributed by atoms with Gasteiger partial charge in [-0.25, -0.2) is 0 Å². The number of nitrogens with zero attached hydrogens (tertiary/aromatic N) is 1. The molecule has 2 aromatic carbocycles. The highest BCUT2D eigenvalue weighted by atomic mass is 15.1. The Labute approximate surface area is 141 Å². The predicted molar refractivity (Wildman–Crippen MR) is 102 cm³/mol. The van der Waals surface area contributed by atoms with Crippen LogP contribution >= 0.6 is 0 Å². The van der Waals surface area contributed by atoms with Crippen LogP contribution in [0.4, 0.5) is 11.4 Å². The van der Waals surface area contributed by atoms with E-state index in [1.54, 1.807) is 0 Å². The van der Waals surface area contributed by atoms with Crippen molar-refractivity contribution < 1.29 is 0 Å². The fraction of sp³-hybridized carbons (Fsp3) is 0.429. The Hall–Kier alpha value is -1.96. The molecular weight excluding hydrogens is 280 g/mol. The Morgan fingerprint density at radius 3 is 1.91 bits per heavy atom. The van der Waals surface area contributed by atoms with E-state index in [2.05, 4.69) is 82.0 Å². The minimum atomic E-state index is 0.203. The van der Waals surface area contributed by atoms with E-state index >= 15 is 0 Å². The Morgan fingerprint density at radius 1 is 0.870 bits per heavy atom. The highest BCUT2D eigenvalue weighted by Crippen LogP contribution is 2.26. The number of hydrogen-bond donors (Lipinski definition) is 1. The molecule has 0 aliphatic heterocycles. The van der Waals surface area contributed by atoms with Crippen molar-refractivity contribution in [1.82, 2.24) is 0 Å². The second-order valence-corrected chi connectivity index (χ2v) is 7.19. The van der Waals surface area contributed by atoms with E-state index in [1.165, 1.54) is 16.7 Å². The molecule has 2 nitrogen and oxygen atoms in total. The van der Waals surface area contributed by atoms with Crippen molar-refractivity contribution >= 4 is 11.4 Å². The Morgan fingerprint density at radius 2 is 1.43 bits per heavy atom. The molecule has 2 aromatic rings. The summed E-state index contributed by atoms with van der Waals surface area (Å²) in [5.74, 6) is 0. The maximum Gasteiger partial charge on any atom is 0.0599 e. The van der Waals surface area contributed by atoms with Crippen molar-refractivity contribution in [2.75, 3.05) is 23.7 Å². The quantitative estimate of drug-likeness (QED) is 0.787. The largest absolute Gasteiger partial charge is 0.397 e. The molecule has 124 valence electrons. The molecule has 0 heterocycles. The number of benzene rings is 2. The molecule has 0 atom stereocenters. The van der Waals surface area contributed by atoms with Crippen LogP contribution in [0.5, 0.6) is 0 Å². The third-order valence-electron chi connectivity index (χ3n) is 4.42. The van der Waals surface area contributed by atoms with Gasteiger partial charge in [0.1, 0.15) is 0 Å². The predicted octanol–water partition coefficient (Wildman–Crippen LogP) is 5.00. The maximum atomic E-state index is 6.27. The van der Waals surface area contributed by atoms with Crippen LogP contribution in [0.15, 0.2) is 42.5 Å². The van der Waals surface area contributed by atoms with Crippen molar-refractivity contribution in [1.29, 1.82) is 0 Å². The number of rotatable bonds is 5. The first-order valence-corrected chi connectivity index (χ1v) is 8.58. The van der Waals surface area contributed by atoms with Gasteiger partial charge in [-0.1, -0.05) is 51.1 Å². The molecule has 0 saturated carbocycles. The molecule has 2 N–H and O–H groups in total. The highest BCUT2D eigenvalue weighted by molar-refractivity contribution is 5.68. The zero-order chi connectivity index (χ0) is 17.0. The van der Waals surface area contributed by atoms with E-state index in [0.29, 0.717) is 0 Å². The molecule has 0 saturated heterocycles. The van der Waals surface area contributed by atoms with Gasteiger partial charge in [0.2, 0.25) is 0 Å². The second kappa shape index (κ2) is 7.08. The van der Waals surface area contributed by atoms with E-state index < -0.39 is 0 Å². The third kappa shape index (κ3) is 4.28. The maximum absolute atomic E-state index is 6.27. The SMILES string of the molecule is CCN(CC)c1ccc(Cc2ccc(C(C)(C)C)cc2)cc1N. The monoisotopic (exact) mass is 310 g/mol. The lowest BCUT2D eigenvalue weighted by molar-refractivity contribution is 0.590. The molecule has 0 aliphatic carbocycles. The smallest absolute Gasteiger partial charge is 0.0599 e. The molecule has 0 bridgehead atoms.